The average Bonchev–Trinajstić information content (AvgIpc) is 3.25. The second-order valence-electron chi connectivity index (χ2n) is 11.7. The first-order valence-electron chi connectivity index (χ1n) is 13.4. The molecule has 0 aromatic heterocycles. The smallest absolute Gasteiger partial charge is 0.340 e. The molecule has 6 nitrogen and oxygen atoms in total. The standard InChI is InChI=1S/C32H30Cl2F3N3O3.CH4/c1-31(2,3)14-25-32(16-38,21-11-9-18(33)13-24(21)36)26(20-6-5-7-22(34)27(20)37)28(40-25)29(41)39-15-17-8-10-19(23(35)12-17)30(42)43-4;/h5-13,25-26,28,40H,14-15H2,1-4H3,(H,39,41);1H4/t25-,26-,28+,32-;/m0./s1. The number of nitrogens with zero attached hydrogens (tertiary/aromatic N) is 1. The number of benzene rings is 3. The zero-order valence-corrected chi connectivity index (χ0v) is 25.4. The molecule has 1 saturated heterocycles. The first-order chi connectivity index (χ1) is 20.2. The third-order valence-corrected chi connectivity index (χ3v) is 8.16. The van der Waals surface area contributed by atoms with Crippen LogP contribution in [-0.2, 0) is 21.5 Å². The maximum absolute atomic E-state index is 15.7. The summed E-state index contributed by atoms with van der Waals surface area (Å²) < 4.78 is 50.5. The molecule has 4 rings (SSSR count). The van der Waals surface area contributed by atoms with Crippen molar-refractivity contribution in [1.29, 1.82) is 5.26 Å². The van der Waals surface area contributed by atoms with E-state index >= 15 is 8.78 Å². The van der Waals surface area contributed by atoms with Gasteiger partial charge in [-0.25, -0.2) is 18.0 Å². The van der Waals surface area contributed by atoms with Crippen LogP contribution in [0.15, 0.2) is 54.6 Å². The second kappa shape index (κ2) is 13.6. The first kappa shape index (κ1) is 34.9. The van der Waals surface area contributed by atoms with Gasteiger partial charge in [-0.15, -0.1) is 0 Å². The van der Waals surface area contributed by atoms with Crippen LogP contribution < -0.4 is 10.6 Å². The predicted octanol–water partition coefficient (Wildman–Crippen LogP) is 7.47. The van der Waals surface area contributed by atoms with Crippen molar-refractivity contribution in [2.24, 2.45) is 5.41 Å². The van der Waals surface area contributed by atoms with Gasteiger partial charge in [-0.3, -0.25) is 4.79 Å². The quantitative estimate of drug-likeness (QED) is 0.260. The van der Waals surface area contributed by atoms with Crippen molar-refractivity contribution in [3.8, 4) is 6.07 Å². The van der Waals surface area contributed by atoms with Crippen molar-refractivity contribution >= 4 is 35.1 Å². The zero-order chi connectivity index (χ0) is 31.7. The number of ether oxygens (including phenoxy) is 1. The summed E-state index contributed by atoms with van der Waals surface area (Å²) in [6.45, 7) is 5.65. The Morgan fingerprint density at radius 1 is 1.07 bits per heavy atom. The number of nitriles is 1. The molecule has 3 aromatic carbocycles. The van der Waals surface area contributed by atoms with Gasteiger partial charge in [0.1, 0.15) is 22.9 Å². The van der Waals surface area contributed by atoms with Crippen molar-refractivity contribution in [1.82, 2.24) is 10.6 Å². The summed E-state index contributed by atoms with van der Waals surface area (Å²) in [5.41, 5.74) is -2.18. The lowest BCUT2D eigenvalue weighted by Gasteiger charge is -2.37. The molecule has 2 N–H and O–H groups in total. The summed E-state index contributed by atoms with van der Waals surface area (Å²) in [6, 6.07) is 12.2. The molecule has 0 bridgehead atoms. The first-order valence-corrected chi connectivity index (χ1v) is 14.2. The number of carbonyl (C=O) groups is 2. The lowest BCUT2D eigenvalue weighted by molar-refractivity contribution is -0.123. The molecule has 1 aliphatic rings. The monoisotopic (exact) mass is 647 g/mol. The fourth-order valence-electron chi connectivity index (χ4n) is 5.80. The van der Waals surface area contributed by atoms with Crippen LogP contribution >= 0.6 is 23.2 Å². The van der Waals surface area contributed by atoms with Crippen LogP contribution in [0.3, 0.4) is 0 Å². The highest BCUT2D eigenvalue weighted by molar-refractivity contribution is 6.31. The Hall–Kier alpha value is -3.58. The molecule has 1 heterocycles. The molecule has 0 aliphatic carbocycles. The molecule has 3 aromatic rings. The van der Waals surface area contributed by atoms with Gasteiger partial charge < -0.3 is 15.4 Å². The van der Waals surface area contributed by atoms with Crippen molar-refractivity contribution in [3.05, 3.63) is 104 Å². The van der Waals surface area contributed by atoms with E-state index in [9.17, 15) is 19.2 Å². The molecule has 44 heavy (non-hydrogen) atoms. The van der Waals surface area contributed by atoms with E-state index in [-0.39, 0.29) is 40.7 Å². The normalized spacial score (nSPS) is 21.2. The van der Waals surface area contributed by atoms with Crippen molar-refractivity contribution in [2.75, 3.05) is 7.11 Å². The van der Waals surface area contributed by atoms with Gasteiger partial charge in [-0.2, -0.15) is 5.26 Å². The van der Waals surface area contributed by atoms with Gasteiger partial charge >= 0.3 is 5.97 Å². The Morgan fingerprint density at radius 3 is 2.36 bits per heavy atom. The summed E-state index contributed by atoms with van der Waals surface area (Å²) in [5, 5.41) is 16.7. The molecule has 0 saturated carbocycles. The molecule has 1 fully saturated rings. The highest BCUT2D eigenvalue weighted by Crippen LogP contribution is 2.52. The number of hydrogen-bond acceptors (Lipinski definition) is 5. The van der Waals surface area contributed by atoms with Gasteiger partial charge in [0.05, 0.1) is 29.8 Å². The minimum Gasteiger partial charge on any atom is -0.465 e. The van der Waals surface area contributed by atoms with E-state index in [1.165, 1.54) is 42.5 Å². The van der Waals surface area contributed by atoms with Crippen LogP contribution in [0.25, 0.3) is 0 Å². The van der Waals surface area contributed by atoms with Crippen LogP contribution in [0.2, 0.25) is 10.0 Å². The van der Waals surface area contributed by atoms with Gasteiger partial charge in [0.15, 0.2) is 0 Å². The van der Waals surface area contributed by atoms with Crippen LogP contribution in [0, 0.1) is 34.2 Å². The third-order valence-electron chi connectivity index (χ3n) is 7.64. The SMILES string of the molecule is C.COC(=O)c1ccc(CNC(=O)[C@@H]2N[C@@H](CC(C)(C)C)[C@](C#N)(c3ccc(Cl)cc3F)[C@H]2c2cccc(Cl)c2F)cc1F. The molecule has 0 radical (unpaired) electrons. The zero-order valence-electron chi connectivity index (χ0n) is 23.9. The molecule has 11 heteroatoms. The minimum absolute atomic E-state index is 0. The van der Waals surface area contributed by atoms with E-state index in [4.69, 9.17) is 23.2 Å². The molecule has 4 atom stereocenters. The second-order valence-corrected chi connectivity index (χ2v) is 12.6. The maximum Gasteiger partial charge on any atom is 0.340 e. The fourth-order valence-corrected chi connectivity index (χ4v) is 6.14. The van der Waals surface area contributed by atoms with Gasteiger partial charge in [-0.1, -0.05) is 75.7 Å². The van der Waals surface area contributed by atoms with Crippen LogP contribution in [0.4, 0.5) is 13.2 Å². The number of rotatable bonds is 7. The fraction of sp³-hybridized carbons (Fsp3) is 0.364. The Balaban J connectivity index is 0.00000529. The van der Waals surface area contributed by atoms with E-state index in [1.54, 1.807) is 0 Å². The Kier molecular flexibility index (Phi) is 10.8. The number of amides is 1. The van der Waals surface area contributed by atoms with E-state index in [2.05, 4.69) is 21.4 Å². The van der Waals surface area contributed by atoms with Gasteiger partial charge in [-0.05, 0) is 53.3 Å². The molecule has 1 amide bonds. The van der Waals surface area contributed by atoms with E-state index in [1.807, 2.05) is 20.8 Å². The molecule has 0 spiro atoms. The molecular formula is C33H34Cl2F3N3O3. The third kappa shape index (κ3) is 6.73. The van der Waals surface area contributed by atoms with E-state index in [0.717, 1.165) is 19.2 Å². The number of esters is 1. The molecule has 1 aliphatic heterocycles. The summed E-state index contributed by atoms with van der Waals surface area (Å²) in [7, 11) is 1.13. The molecule has 0 unspecified atom stereocenters. The van der Waals surface area contributed by atoms with Crippen LogP contribution in [-0.4, -0.2) is 31.1 Å². The summed E-state index contributed by atoms with van der Waals surface area (Å²) >= 11 is 12.2. The minimum atomic E-state index is -1.77. The van der Waals surface area contributed by atoms with Crippen molar-refractivity contribution in [3.63, 3.8) is 0 Å². The Morgan fingerprint density at radius 2 is 1.77 bits per heavy atom. The van der Waals surface area contributed by atoms with Crippen molar-refractivity contribution in [2.45, 2.75) is 64.6 Å². The topological polar surface area (TPSA) is 91.2 Å². The number of nitrogens with one attached hydrogen (secondary N) is 2. The van der Waals surface area contributed by atoms with Crippen LogP contribution in [0.1, 0.15) is 67.6 Å². The largest absolute Gasteiger partial charge is 0.465 e. The maximum atomic E-state index is 15.7. The summed E-state index contributed by atoms with van der Waals surface area (Å²) in [5.74, 6) is -5.15. The van der Waals surface area contributed by atoms with Gasteiger partial charge in [0.25, 0.3) is 0 Å². The van der Waals surface area contributed by atoms with Gasteiger partial charge in [0, 0.05) is 29.1 Å². The summed E-state index contributed by atoms with van der Waals surface area (Å²) in [4.78, 5) is 25.6. The van der Waals surface area contributed by atoms with E-state index in [0.29, 0.717) is 12.0 Å². The van der Waals surface area contributed by atoms with Crippen LogP contribution in [0.5, 0.6) is 0 Å². The van der Waals surface area contributed by atoms with Gasteiger partial charge in [0.2, 0.25) is 5.91 Å². The lowest BCUT2D eigenvalue weighted by Crippen LogP contribution is -2.45. The Labute approximate surface area is 265 Å². The lowest BCUT2D eigenvalue weighted by atomic mass is 9.62. The number of hydrogen-bond donors (Lipinski definition) is 2. The highest BCUT2D eigenvalue weighted by Gasteiger charge is 2.61. The number of halogens is 5. The number of methoxy groups -OCH3 is 1. The predicted molar refractivity (Wildman–Crippen MR) is 164 cm³/mol. The van der Waals surface area contributed by atoms with Crippen molar-refractivity contribution < 1.29 is 27.5 Å². The highest BCUT2D eigenvalue weighted by atomic mass is 35.5. The molecular weight excluding hydrogens is 614 g/mol. The number of carbonyl (C=O) groups excluding carboxylic acids is 2. The van der Waals surface area contributed by atoms with E-state index < -0.39 is 58.2 Å². The Bertz CT molecular complexity index is 1610. The molecule has 234 valence electrons. The average molecular weight is 649 g/mol. The summed E-state index contributed by atoms with van der Waals surface area (Å²) in [6.07, 6.45) is 0.311.